The number of benzene rings is 2. The number of hydrogen-bond donors (Lipinski definition) is 1. The summed E-state index contributed by atoms with van der Waals surface area (Å²) in [5.41, 5.74) is 2.15. The summed E-state index contributed by atoms with van der Waals surface area (Å²) in [7, 11) is -3.73. The van der Waals surface area contributed by atoms with E-state index in [-0.39, 0.29) is 34.3 Å². The molecular weight excluding hydrogens is 428 g/mol. The highest BCUT2D eigenvalue weighted by Crippen LogP contribution is 2.37. The van der Waals surface area contributed by atoms with Crippen LogP contribution in [0, 0.1) is 10.1 Å². The number of nitrogens with zero attached hydrogens (tertiary/aromatic N) is 3. The van der Waals surface area contributed by atoms with Crippen LogP contribution in [0.15, 0.2) is 46.4 Å². The molecule has 1 amide bonds. The van der Waals surface area contributed by atoms with Gasteiger partial charge in [-0.25, -0.2) is 13.8 Å². The van der Waals surface area contributed by atoms with Crippen molar-refractivity contribution >= 4 is 27.8 Å². The average molecular weight is 448 g/mol. The van der Waals surface area contributed by atoms with Gasteiger partial charge in [0.15, 0.2) is 11.5 Å². The van der Waals surface area contributed by atoms with E-state index in [9.17, 15) is 23.3 Å². The van der Waals surface area contributed by atoms with E-state index < -0.39 is 20.9 Å². The highest BCUT2D eigenvalue weighted by atomic mass is 32.2. The van der Waals surface area contributed by atoms with Crippen LogP contribution in [0.2, 0.25) is 0 Å². The number of rotatable bonds is 8. The van der Waals surface area contributed by atoms with Gasteiger partial charge in [-0.2, -0.15) is 9.41 Å². The summed E-state index contributed by atoms with van der Waals surface area (Å²) < 4.78 is 36.9. The lowest BCUT2D eigenvalue weighted by Crippen LogP contribution is -2.30. The van der Waals surface area contributed by atoms with E-state index >= 15 is 0 Å². The van der Waals surface area contributed by atoms with E-state index in [1.54, 1.807) is 13.8 Å². The molecule has 0 atom stereocenters. The third-order valence-corrected chi connectivity index (χ3v) is 6.57. The minimum atomic E-state index is -3.73. The molecule has 0 bridgehead atoms. The van der Waals surface area contributed by atoms with Crippen LogP contribution in [-0.4, -0.2) is 49.7 Å². The maximum absolute atomic E-state index is 12.6. The first kappa shape index (κ1) is 22.2. The van der Waals surface area contributed by atoms with Crippen LogP contribution in [0.1, 0.15) is 29.8 Å². The van der Waals surface area contributed by atoms with Crippen LogP contribution in [0.5, 0.6) is 11.5 Å². The topological polar surface area (TPSA) is 140 Å². The minimum absolute atomic E-state index is 0.0146. The van der Waals surface area contributed by atoms with Gasteiger partial charge in [-0.05, 0) is 24.3 Å². The van der Waals surface area contributed by atoms with E-state index in [1.165, 1.54) is 40.7 Å². The molecule has 0 spiro atoms. The number of hydrazone groups is 1. The number of carbonyl (C=O) groups excluding carboxylic acids is 1. The number of nitro groups is 1. The van der Waals surface area contributed by atoms with Crippen molar-refractivity contribution in [1.82, 2.24) is 9.73 Å². The predicted octanol–water partition coefficient (Wildman–Crippen LogP) is 2.12. The molecule has 0 aromatic heterocycles. The maximum Gasteiger partial charge on any atom is 0.282 e. The molecule has 0 saturated heterocycles. The zero-order chi connectivity index (χ0) is 22.6. The maximum atomic E-state index is 12.6. The smallest absolute Gasteiger partial charge is 0.282 e. The second-order valence-corrected chi connectivity index (χ2v) is 8.28. The number of nitrogens with one attached hydrogen (secondary N) is 1. The third-order valence-electron chi connectivity index (χ3n) is 4.53. The summed E-state index contributed by atoms with van der Waals surface area (Å²) in [5.74, 6) is -0.0944. The van der Waals surface area contributed by atoms with Crippen molar-refractivity contribution in [1.29, 1.82) is 0 Å². The third kappa shape index (κ3) is 4.64. The first-order chi connectivity index (χ1) is 14.8. The number of amides is 1. The molecule has 2 aromatic carbocycles. The molecular formula is C19H20N4O7S. The molecule has 0 radical (unpaired) electrons. The molecule has 1 aliphatic heterocycles. The first-order valence-electron chi connectivity index (χ1n) is 9.29. The van der Waals surface area contributed by atoms with E-state index in [4.69, 9.17) is 9.47 Å². The lowest BCUT2D eigenvalue weighted by Gasteiger charge is -2.18. The van der Waals surface area contributed by atoms with Gasteiger partial charge in [-0.3, -0.25) is 14.9 Å². The van der Waals surface area contributed by atoms with Gasteiger partial charge >= 0.3 is 0 Å². The van der Waals surface area contributed by atoms with Crippen molar-refractivity contribution < 1.29 is 27.6 Å². The second kappa shape index (κ2) is 9.10. The van der Waals surface area contributed by atoms with Gasteiger partial charge in [0.25, 0.3) is 11.6 Å². The monoisotopic (exact) mass is 448 g/mol. The molecule has 0 aliphatic carbocycles. The van der Waals surface area contributed by atoms with Crippen LogP contribution in [0.3, 0.4) is 0 Å². The number of ether oxygens (including phenoxy) is 2. The SMILES string of the molecule is CCN(CC)S(=O)(=O)c1cccc(C(=O)N/N=C\c2cc3c(cc2[N+](=O)[O-])OCO3)c1. The molecule has 3 rings (SSSR count). The minimum Gasteiger partial charge on any atom is -0.454 e. The standard InChI is InChI=1S/C19H20N4O7S/c1-3-22(4-2)31(27,28)15-7-5-6-13(8-15)19(24)21-20-11-14-9-17-18(30-12-29-17)10-16(14)23(25)26/h5-11H,3-4,12H2,1-2H3,(H,21,24)/b20-11-. The Bertz CT molecular complexity index is 1140. The summed E-state index contributed by atoms with van der Waals surface area (Å²) in [6.07, 6.45) is 1.11. The van der Waals surface area contributed by atoms with Crippen LogP contribution < -0.4 is 14.9 Å². The Labute approximate surface area is 178 Å². The number of fused-ring (bicyclic) bond motifs is 1. The van der Waals surface area contributed by atoms with Crippen LogP contribution in [0.25, 0.3) is 0 Å². The van der Waals surface area contributed by atoms with Gasteiger partial charge in [0.05, 0.1) is 27.7 Å². The summed E-state index contributed by atoms with van der Waals surface area (Å²) in [6, 6.07) is 8.15. The van der Waals surface area contributed by atoms with Crippen molar-refractivity contribution in [2.24, 2.45) is 5.10 Å². The Morgan fingerprint density at radius 1 is 1.23 bits per heavy atom. The fourth-order valence-electron chi connectivity index (χ4n) is 2.94. The van der Waals surface area contributed by atoms with Gasteiger partial charge in [-0.1, -0.05) is 19.9 Å². The molecule has 1 aliphatic rings. The molecule has 31 heavy (non-hydrogen) atoms. The zero-order valence-corrected chi connectivity index (χ0v) is 17.6. The molecule has 11 nitrogen and oxygen atoms in total. The number of sulfonamides is 1. The Morgan fingerprint density at radius 3 is 2.55 bits per heavy atom. The number of hydrogen-bond acceptors (Lipinski definition) is 8. The lowest BCUT2D eigenvalue weighted by molar-refractivity contribution is -0.385. The normalized spacial score (nSPS) is 13.0. The van der Waals surface area contributed by atoms with E-state index in [2.05, 4.69) is 10.5 Å². The first-order valence-corrected chi connectivity index (χ1v) is 10.7. The molecule has 164 valence electrons. The van der Waals surface area contributed by atoms with Gasteiger partial charge in [0, 0.05) is 18.7 Å². The van der Waals surface area contributed by atoms with E-state index in [0.717, 1.165) is 6.21 Å². The molecule has 12 heteroatoms. The lowest BCUT2D eigenvalue weighted by atomic mass is 10.1. The van der Waals surface area contributed by atoms with E-state index in [0.29, 0.717) is 18.8 Å². The van der Waals surface area contributed by atoms with Gasteiger partial charge in [0.1, 0.15) is 0 Å². The van der Waals surface area contributed by atoms with Crippen LogP contribution in [-0.2, 0) is 10.0 Å². The molecule has 0 unspecified atom stereocenters. The average Bonchev–Trinajstić information content (AvgIpc) is 3.21. The van der Waals surface area contributed by atoms with Gasteiger partial charge in [-0.15, -0.1) is 0 Å². The van der Waals surface area contributed by atoms with Gasteiger partial charge in [0.2, 0.25) is 16.8 Å². The van der Waals surface area contributed by atoms with Gasteiger partial charge < -0.3 is 9.47 Å². The van der Waals surface area contributed by atoms with Crippen molar-refractivity contribution in [3.05, 3.63) is 57.6 Å². The predicted molar refractivity (Wildman–Crippen MR) is 111 cm³/mol. The van der Waals surface area contributed by atoms with Crippen molar-refractivity contribution in [3.63, 3.8) is 0 Å². The van der Waals surface area contributed by atoms with E-state index in [1.807, 2.05) is 0 Å². The Balaban J connectivity index is 1.79. The highest BCUT2D eigenvalue weighted by Gasteiger charge is 2.24. The molecule has 1 N–H and O–H groups in total. The zero-order valence-electron chi connectivity index (χ0n) is 16.8. The highest BCUT2D eigenvalue weighted by molar-refractivity contribution is 7.89. The largest absolute Gasteiger partial charge is 0.454 e. The van der Waals surface area contributed by atoms with Crippen LogP contribution in [0.4, 0.5) is 5.69 Å². The van der Waals surface area contributed by atoms with Crippen molar-refractivity contribution in [2.45, 2.75) is 18.7 Å². The van der Waals surface area contributed by atoms with Crippen molar-refractivity contribution in [2.75, 3.05) is 19.9 Å². The second-order valence-electron chi connectivity index (χ2n) is 6.34. The molecule has 2 aromatic rings. The quantitative estimate of drug-likeness (QED) is 0.370. The van der Waals surface area contributed by atoms with Crippen LogP contribution >= 0.6 is 0 Å². The number of carbonyl (C=O) groups is 1. The Kier molecular flexibility index (Phi) is 6.51. The molecule has 1 heterocycles. The summed E-state index contributed by atoms with van der Waals surface area (Å²) >= 11 is 0. The summed E-state index contributed by atoms with van der Waals surface area (Å²) in [6.45, 7) is 4.00. The molecule has 0 saturated carbocycles. The fourth-order valence-corrected chi connectivity index (χ4v) is 4.45. The molecule has 0 fully saturated rings. The fraction of sp³-hybridized carbons (Fsp3) is 0.263. The Hall–Kier alpha value is -3.51. The summed E-state index contributed by atoms with van der Waals surface area (Å²) in [4.78, 5) is 23.1. The Morgan fingerprint density at radius 2 is 1.90 bits per heavy atom. The van der Waals surface area contributed by atoms with Crippen molar-refractivity contribution in [3.8, 4) is 11.5 Å². The number of nitro benzene ring substituents is 1. The summed E-state index contributed by atoms with van der Waals surface area (Å²) in [5, 5.41) is 15.0.